The van der Waals surface area contributed by atoms with Crippen molar-refractivity contribution < 1.29 is 17.9 Å². The second-order valence-corrected chi connectivity index (χ2v) is 8.25. The number of alkyl halides is 3. The molecule has 2 atom stereocenters. The number of H-pyrrole nitrogens is 1. The van der Waals surface area contributed by atoms with Crippen molar-refractivity contribution in [1.29, 1.82) is 0 Å². The first-order valence-electron chi connectivity index (χ1n) is 10.6. The van der Waals surface area contributed by atoms with Crippen LogP contribution in [0.3, 0.4) is 0 Å². The van der Waals surface area contributed by atoms with Gasteiger partial charge in [-0.1, -0.05) is 6.92 Å². The maximum absolute atomic E-state index is 13.3. The van der Waals surface area contributed by atoms with Gasteiger partial charge in [-0.05, 0) is 25.0 Å². The average molecular weight is 447 g/mol. The molecule has 1 unspecified atom stereocenters. The number of rotatable bonds is 4. The van der Waals surface area contributed by atoms with Gasteiger partial charge in [0.2, 0.25) is 0 Å². The van der Waals surface area contributed by atoms with Crippen molar-refractivity contribution in [1.82, 2.24) is 29.6 Å². The van der Waals surface area contributed by atoms with E-state index in [1.54, 1.807) is 6.20 Å². The monoisotopic (exact) mass is 447 g/mol. The molecule has 5 rings (SSSR count). The molecule has 0 radical (unpaired) electrons. The van der Waals surface area contributed by atoms with Crippen LogP contribution in [0.2, 0.25) is 0 Å². The maximum atomic E-state index is 13.3. The molecular weight excluding hydrogens is 423 g/mol. The Morgan fingerprint density at radius 2 is 2.12 bits per heavy atom. The summed E-state index contributed by atoms with van der Waals surface area (Å²) >= 11 is 0. The van der Waals surface area contributed by atoms with E-state index in [-0.39, 0.29) is 11.6 Å². The molecule has 2 aliphatic heterocycles. The molecule has 0 aliphatic carbocycles. The second kappa shape index (κ2) is 7.59. The van der Waals surface area contributed by atoms with Crippen LogP contribution in [0.25, 0.3) is 11.3 Å². The Hall–Kier alpha value is -2.92. The number of nitrogens with one attached hydrogen (secondary N) is 1. The highest BCUT2D eigenvalue weighted by atomic mass is 19.4. The molecule has 0 amide bonds. The minimum Gasteiger partial charge on any atom is -0.383 e. The summed E-state index contributed by atoms with van der Waals surface area (Å²) in [5.74, 6) is 0.377. The lowest BCUT2D eigenvalue weighted by atomic mass is 9.96. The van der Waals surface area contributed by atoms with E-state index >= 15 is 0 Å². The summed E-state index contributed by atoms with van der Waals surface area (Å²) in [6, 6.07) is 2.97. The topological polar surface area (TPSA) is 97.9 Å². The first-order valence-corrected chi connectivity index (χ1v) is 10.6. The molecule has 3 aromatic rings. The quantitative estimate of drug-likeness (QED) is 0.637. The van der Waals surface area contributed by atoms with Gasteiger partial charge in [0.15, 0.2) is 0 Å². The number of aromatic nitrogens is 5. The molecule has 1 saturated heterocycles. The van der Waals surface area contributed by atoms with E-state index in [1.807, 2.05) is 16.9 Å². The van der Waals surface area contributed by atoms with Crippen LogP contribution in [0.15, 0.2) is 30.7 Å². The Balaban J connectivity index is 1.47. The van der Waals surface area contributed by atoms with Crippen LogP contribution in [0.5, 0.6) is 0 Å². The Morgan fingerprint density at radius 3 is 2.84 bits per heavy atom. The van der Waals surface area contributed by atoms with Crippen LogP contribution in [0.4, 0.5) is 19.0 Å². The summed E-state index contributed by atoms with van der Waals surface area (Å²) in [7, 11) is 0. The number of likely N-dealkylation sites (tertiary alicyclic amines) is 1. The normalized spacial score (nSPS) is 22.4. The van der Waals surface area contributed by atoms with Crippen LogP contribution in [-0.2, 0) is 23.1 Å². The highest BCUT2D eigenvalue weighted by Gasteiger charge is 2.47. The van der Waals surface area contributed by atoms with E-state index in [1.165, 1.54) is 6.20 Å². The van der Waals surface area contributed by atoms with Crippen molar-refractivity contribution in [2.45, 2.75) is 44.1 Å². The lowest BCUT2D eigenvalue weighted by Crippen LogP contribution is -2.41. The van der Waals surface area contributed by atoms with Crippen molar-refractivity contribution in [3.8, 4) is 11.3 Å². The van der Waals surface area contributed by atoms with E-state index in [2.05, 4.69) is 31.9 Å². The highest BCUT2D eigenvalue weighted by molar-refractivity contribution is 5.63. The molecule has 8 nitrogen and oxygen atoms in total. The third kappa shape index (κ3) is 3.45. The van der Waals surface area contributed by atoms with Gasteiger partial charge in [0, 0.05) is 37.2 Å². The molecule has 170 valence electrons. The third-order valence-corrected chi connectivity index (χ3v) is 6.37. The number of ether oxygens (including phenoxy) is 1. The van der Waals surface area contributed by atoms with Gasteiger partial charge in [-0.3, -0.25) is 9.58 Å². The standard InChI is InChI=1S/C21H24F3N7O/c1-2-16(19-26-4-5-27-19)30-6-3-20(12-30)17-10-15(29-31(17)7-8-32-20)13-9-14(21(22,23)24)18(25)28-11-13/h4-5,9-11,16H,2-3,6-8,12H2,1H3,(H2,25,28)(H,26,27)/t16?,20-/m1/s1. The first kappa shape index (κ1) is 21.0. The smallest absolute Gasteiger partial charge is 0.383 e. The molecule has 3 aromatic heterocycles. The van der Waals surface area contributed by atoms with Crippen molar-refractivity contribution in [3.63, 3.8) is 0 Å². The SMILES string of the molecule is CCC(c1ncc[nH]1)N1CC[C@]2(C1)OCCn1nc(-c3cnc(N)c(C(F)(F)F)c3)cc12. The van der Waals surface area contributed by atoms with Gasteiger partial charge >= 0.3 is 6.18 Å². The van der Waals surface area contributed by atoms with Gasteiger partial charge in [0.25, 0.3) is 0 Å². The number of nitrogen functional groups attached to an aromatic ring is 1. The molecule has 32 heavy (non-hydrogen) atoms. The minimum absolute atomic E-state index is 0.140. The van der Waals surface area contributed by atoms with Crippen molar-refractivity contribution in [3.05, 3.63) is 47.8 Å². The summed E-state index contributed by atoms with van der Waals surface area (Å²) in [5, 5.41) is 4.58. The predicted molar refractivity (Wildman–Crippen MR) is 110 cm³/mol. The number of hydrogen-bond acceptors (Lipinski definition) is 6. The van der Waals surface area contributed by atoms with Gasteiger partial charge in [0.05, 0.1) is 36.1 Å². The molecule has 1 spiro atoms. The zero-order chi connectivity index (χ0) is 22.5. The summed E-state index contributed by atoms with van der Waals surface area (Å²) in [6.45, 7) is 4.63. The number of aromatic amines is 1. The van der Waals surface area contributed by atoms with E-state index in [9.17, 15) is 13.2 Å². The average Bonchev–Trinajstić information content (AvgIpc) is 3.50. The minimum atomic E-state index is -4.58. The number of nitrogens with two attached hydrogens (primary N) is 1. The van der Waals surface area contributed by atoms with Crippen LogP contribution >= 0.6 is 0 Å². The lowest BCUT2D eigenvalue weighted by molar-refractivity contribution is -0.137. The lowest BCUT2D eigenvalue weighted by Gasteiger charge is -2.35. The fourth-order valence-electron chi connectivity index (χ4n) is 4.83. The van der Waals surface area contributed by atoms with Crippen molar-refractivity contribution in [2.75, 3.05) is 25.4 Å². The largest absolute Gasteiger partial charge is 0.419 e. The number of hydrogen-bond donors (Lipinski definition) is 2. The van der Waals surface area contributed by atoms with Crippen molar-refractivity contribution in [2.24, 2.45) is 0 Å². The molecule has 0 aromatic carbocycles. The zero-order valence-corrected chi connectivity index (χ0v) is 17.6. The van der Waals surface area contributed by atoms with Gasteiger partial charge in [-0.2, -0.15) is 18.3 Å². The Morgan fingerprint density at radius 1 is 1.28 bits per heavy atom. The van der Waals surface area contributed by atoms with E-state index in [4.69, 9.17) is 10.5 Å². The number of imidazole rings is 1. The van der Waals surface area contributed by atoms with Crippen LogP contribution < -0.4 is 5.73 Å². The zero-order valence-electron chi connectivity index (χ0n) is 17.6. The number of nitrogens with zero attached hydrogens (tertiary/aromatic N) is 5. The first-order chi connectivity index (χ1) is 15.3. The summed E-state index contributed by atoms with van der Waals surface area (Å²) in [6.07, 6.45) is 1.98. The number of halogens is 3. The molecular formula is C21H24F3N7O. The fourth-order valence-corrected chi connectivity index (χ4v) is 4.83. The highest BCUT2D eigenvalue weighted by Crippen LogP contribution is 2.43. The fraction of sp³-hybridized carbons (Fsp3) is 0.476. The van der Waals surface area contributed by atoms with E-state index < -0.39 is 23.2 Å². The Bertz CT molecular complexity index is 1110. The van der Waals surface area contributed by atoms with Gasteiger partial charge < -0.3 is 15.5 Å². The molecule has 3 N–H and O–H groups in total. The van der Waals surface area contributed by atoms with Gasteiger partial charge in [0.1, 0.15) is 17.2 Å². The number of pyridine rings is 1. The number of anilines is 1. The van der Waals surface area contributed by atoms with Crippen LogP contribution in [0, 0.1) is 0 Å². The molecule has 11 heteroatoms. The van der Waals surface area contributed by atoms with Crippen LogP contribution in [-0.4, -0.2) is 49.3 Å². The Kier molecular flexibility index (Phi) is 4.97. The van der Waals surface area contributed by atoms with Crippen LogP contribution in [0.1, 0.15) is 42.9 Å². The molecule has 1 fully saturated rings. The van der Waals surface area contributed by atoms with Crippen molar-refractivity contribution >= 4 is 5.82 Å². The summed E-state index contributed by atoms with van der Waals surface area (Å²) < 4.78 is 48.0. The summed E-state index contributed by atoms with van der Waals surface area (Å²) in [4.78, 5) is 13.7. The molecule has 2 aliphatic rings. The molecule has 5 heterocycles. The maximum Gasteiger partial charge on any atom is 0.419 e. The summed E-state index contributed by atoms with van der Waals surface area (Å²) in [5.41, 5.74) is 5.52. The van der Waals surface area contributed by atoms with Gasteiger partial charge in [-0.25, -0.2) is 9.97 Å². The number of fused-ring (bicyclic) bond motifs is 2. The van der Waals surface area contributed by atoms with Gasteiger partial charge in [-0.15, -0.1) is 0 Å². The van der Waals surface area contributed by atoms with E-state index in [0.29, 0.717) is 25.4 Å². The third-order valence-electron chi connectivity index (χ3n) is 6.37. The molecule has 0 saturated carbocycles. The molecule has 0 bridgehead atoms. The predicted octanol–water partition coefficient (Wildman–Crippen LogP) is 3.35. The van der Waals surface area contributed by atoms with E-state index in [0.717, 1.165) is 37.0 Å². The Labute approximate surface area is 182 Å². The second-order valence-electron chi connectivity index (χ2n) is 8.25.